The highest BCUT2D eigenvalue weighted by Crippen LogP contribution is 2.14. The van der Waals surface area contributed by atoms with E-state index in [4.69, 9.17) is 16.3 Å². The van der Waals surface area contributed by atoms with Crippen molar-refractivity contribution in [3.63, 3.8) is 0 Å². The molecule has 0 heterocycles. The topological polar surface area (TPSA) is 67.4 Å². The lowest BCUT2D eigenvalue weighted by Crippen LogP contribution is -2.37. The molecule has 1 aromatic carbocycles. The summed E-state index contributed by atoms with van der Waals surface area (Å²) < 4.78 is 4.80. The van der Waals surface area contributed by atoms with Crippen LogP contribution in [0.4, 0.5) is 5.69 Å². The summed E-state index contributed by atoms with van der Waals surface area (Å²) in [6.07, 6.45) is 1.26. The molecule has 0 aromatic heterocycles. The van der Waals surface area contributed by atoms with Crippen molar-refractivity contribution in [1.82, 2.24) is 5.32 Å². The minimum absolute atomic E-state index is 0.230. The summed E-state index contributed by atoms with van der Waals surface area (Å²) in [5, 5.41) is 5.30. The van der Waals surface area contributed by atoms with Crippen LogP contribution in [0.1, 0.15) is 0 Å². The van der Waals surface area contributed by atoms with Gasteiger partial charge in [-0.1, -0.05) is 24.2 Å². The molecule has 0 radical (unpaired) electrons. The molecule has 0 aliphatic carbocycles. The van der Waals surface area contributed by atoms with Gasteiger partial charge in [-0.05, 0) is 18.2 Å². The summed E-state index contributed by atoms with van der Waals surface area (Å²) in [6.45, 7) is 3.84. The average Bonchev–Trinajstić information content (AvgIpc) is 2.34. The summed E-state index contributed by atoms with van der Waals surface area (Å²) in [5.41, 5.74) is 0.463. The number of carbonyl (C=O) groups is 2. The third-order valence-corrected chi connectivity index (χ3v) is 2.15. The third kappa shape index (κ3) is 4.88. The quantitative estimate of drug-likeness (QED) is 0.484. The van der Waals surface area contributed by atoms with E-state index in [1.165, 1.54) is 6.26 Å². The molecule has 0 aliphatic heterocycles. The van der Waals surface area contributed by atoms with E-state index in [2.05, 4.69) is 17.2 Å². The largest absolute Gasteiger partial charge is 0.500 e. The van der Waals surface area contributed by atoms with Crippen LogP contribution in [0.3, 0.4) is 0 Å². The summed E-state index contributed by atoms with van der Waals surface area (Å²) in [5.74, 6) is -1.49. The molecule has 96 valence electrons. The molecule has 1 rings (SSSR count). The molecule has 2 N–H and O–H groups in total. The Morgan fingerprint density at radius 3 is 2.83 bits per heavy atom. The van der Waals surface area contributed by atoms with Crippen LogP contribution in [0.5, 0.6) is 0 Å². The standard InChI is InChI=1S/C12H13ClN2O3/c1-2-18-7-6-14-11(16)12(17)15-10-5-3-4-9(13)8-10/h2-5,8H,1,6-7H2,(H,14,16)(H,15,17). The second-order valence-electron chi connectivity index (χ2n) is 3.26. The molecule has 0 atom stereocenters. The van der Waals surface area contributed by atoms with Crippen molar-refractivity contribution in [1.29, 1.82) is 0 Å². The fourth-order valence-electron chi connectivity index (χ4n) is 1.14. The SMILES string of the molecule is C=COCCNC(=O)C(=O)Nc1cccc(Cl)c1. The molecular weight excluding hydrogens is 256 g/mol. The number of amides is 2. The lowest BCUT2D eigenvalue weighted by Gasteiger charge is -2.06. The van der Waals surface area contributed by atoms with Crippen LogP contribution >= 0.6 is 11.6 Å². The summed E-state index contributed by atoms with van der Waals surface area (Å²) in [4.78, 5) is 22.8. The molecule has 0 spiro atoms. The van der Waals surface area contributed by atoms with Gasteiger partial charge in [-0.2, -0.15) is 0 Å². The predicted molar refractivity (Wildman–Crippen MR) is 69.2 cm³/mol. The molecule has 6 heteroatoms. The van der Waals surface area contributed by atoms with Gasteiger partial charge in [0.25, 0.3) is 0 Å². The van der Waals surface area contributed by atoms with E-state index in [1.807, 2.05) is 0 Å². The summed E-state index contributed by atoms with van der Waals surface area (Å²) >= 11 is 5.75. The van der Waals surface area contributed by atoms with Crippen LogP contribution in [0.25, 0.3) is 0 Å². The van der Waals surface area contributed by atoms with Crippen molar-refractivity contribution < 1.29 is 14.3 Å². The first-order valence-electron chi connectivity index (χ1n) is 5.20. The van der Waals surface area contributed by atoms with Gasteiger partial charge in [0.05, 0.1) is 12.8 Å². The van der Waals surface area contributed by atoms with Crippen LogP contribution in [-0.2, 0) is 14.3 Å². The van der Waals surface area contributed by atoms with Crippen molar-refractivity contribution in [3.8, 4) is 0 Å². The zero-order chi connectivity index (χ0) is 13.4. The first kappa shape index (κ1) is 14.1. The second kappa shape index (κ2) is 7.34. The number of nitrogens with one attached hydrogen (secondary N) is 2. The van der Waals surface area contributed by atoms with Crippen molar-refractivity contribution in [2.24, 2.45) is 0 Å². The minimum Gasteiger partial charge on any atom is -0.500 e. The van der Waals surface area contributed by atoms with E-state index < -0.39 is 11.8 Å². The van der Waals surface area contributed by atoms with Crippen molar-refractivity contribution in [3.05, 3.63) is 42.1 Å². The molecule has 0 fully saturated rings. The van der Waals surface area contributed by atoms with Gasteiger partial charge in [0, 0.05) is 10.7 Å². The smallest absolute Gasteiger partial charge is 0.313 e. The van der Waals surface area contributed by atoms with E-state index >= 15 is 0 Å². The fraction of sp³-hybridized carbons (Fsp3) is 0.167. The van der Waals surface area contributed by atoms with E-state index in [0.717, 1.165) is 0 Å². The lowest BCUT2D eigenvalue weighted by molar-refractivity contribution is -0.136. The van der Waals surface area contributed by atoms with E-state index in [0.29, 0.717) is 10.7 Å². The van der Waals surface area contributed by atoms with Gasteiger partial charge in [0.15, 0.2) is 0 Å². The number of hydrogen-bond donors (Lipinski definition) is 2. The van der Waals surface area contributed by atoms with Crippen LogP contribution in [-0.4, -0.2) is 25.0 Å². The fourth-order valence-corrected chi connectivity index (χ4v) is 1.33. The number of anilines is 1. The first-order chi connectivity index (χ1) is 8.63. The Morgan fingerprint density at radius 1 is 1.39 bits per heavy atom. The number of hydrogen-bond acceptors (Lipinski definition) is 3. The highest BCUT2D eigenvalue weighted by atomic mass is 35.5. The van der Waals surface area contributed by atoms with Gasteiger partial charge in [-0.15, -0.1) is 0 Å². The van der Waals surface area contributed by atoms with Crippen molar-refractivity contribution in [2.75, 3.05) is 18.5 Å². The molecule has 2 amide bonds. The number of ether oxygens (including phenoxy) is 1. The van der Waals surface area contributed by atoms with Crippen LogP contribution in [0.2, 0.25) is 5.02 Å². The molecule has 0 saturated carbocycles. The Morgan fingerprint density at radius 2 is 2.17 bits per heavy atom. The minimum atomic E-state index is -0.754. The highest BCUT2D eigenvalue weighted by Gasteiger charge is 2.12. The van der Waals surface area contributed by atoms with Crippen LogP contribution in [0, 0.1) is 0 Å². The van der Waals surface area contributed by atoms with Crippen molar-refractivity contribution >= 4 is 29.1 Å². The Hall–Kier alpha value is -2.01. The summed E-state index contributed by atoms with van der Waals surface area (Å²) in [7, 11) is 0. The Labute approximate surface area is 110 Å². The number of carbonyl (C=O) groups excluding carboxylic acids is 2. The Bertz CT molecular complexity index is 449. The predicted octanol–water partition coefficient (Wildman–Crippen LogP) is 1.55. The lowest BCUT2D eigenvalue weighted by atomic mass is 10.3. The molecule has 0 saturated heterocycles. The Balaban J connectivity index is 2.40. The van der Waals surface area contributed by atoms with Crippen LogP contribution < -0.4 is 10.6 Å². The zero-order valence-electron chi connectivity index (χ0n) is 9.61. The maximum atomic E-state index is 11.5. The van der Waals surface area contributed by atoms with Gasteiger partial charge >= 0.3 is 11.8 Å². The molecule has 1 aromatic rings. The monoisotopic (exact) mass is 268 g/mol. The second-order valence-corrected chi connectivity index (χ2v) is 3.69. The van der Waals surface area contributed by atoms with Gasteiger partial charge in [0.2, 0.25) is 0 Å². The Kier molecular flexibility index (Phi) is 5.73. The van der Waals surface area contributed by atoms with Gasteiger partial charge in [-0.25, -0.2) is 0 Å². The molecule has 18 heavy (non-hydrogen) atoms. The number of benzene rings is 1. The van der Waals surface area contributed by atoms with Gasteiger partial charge in [0.1, 0.15) is 6.61 Å². The average molecular weight is 269 g/mol. The maximum absolute atomic E-state index is 11.5. The van der Waals surface area contributed by atoms with Crippen LogP contribution in [0.15, 0.2) is 37.1 Å². The number of rotatable bonds is 5. The molecule has 0 bridgehead atoms. The van der Waals surface area contributed by atoms with E-state index in [-0.39, 0.29) is 13.2 Å². The molecular formula is C12H13ClN2O3. The normalized spacial score (nSPS) is 9.39. The van der Waals surface area contributed by atoms with Crippen molar-refractivity contribution in [2.45, 2.75) is 0 Å². The van der Waals surface area contributed by atoms with Gasteiger partial charge < -0.3 is 15.4 Å². The molecule has 0 aliphatic rings. The van der Waals surface area contributed by atoms with E-state index in [1.54, 1.807) is 24.3 Å². The molecule has 5 nitrogen and oxygen atoms in total. The third-order valence-electron chi connectivity index (χ3n) is 1.91. The number of halogens is 1. The molecule has 0 unspecified atom stereocenters. The van der Waals surface area contributed by atoms with Gasteiger partial charge in [-0.3, -0.25) is 9.59 Å². The zero-order valence-corrected chi connectivity index (χ0v) is 10.4. The highest BCUT2D eigenvalue weighted by molar-refractivity contribution is 6.39. The maximum Gasteiger partial charge on any atom is 0.313 e. The summed E-state index contributed by atoms with van der Waals surface area (Å²) in [6, 6.07) is 6.53. The first-order valence-corrected chi connectivity index (χ1v) is 5.58. The van der Waals surface area contributed by atoms with E-state index in [9.17, 15) is 9.59 Å².